The van der Waals surface area contributed by atoms with Crippen molar-refractivity contribution in [2.45, 2.75) is 0 Å². The van der Waals surface area contributed by atoms with E-state index in [4.69, 9.17) is 14.0 Å². The fourth-order valence-corrected chi connectivity index (χ4v) is 22.6. The third kappa shape index (κ3) is 11.2. The molecular weight excluding hydrogens is 1450 g/mol. The Morgan fingerprint density at radius 2 is 0.313 bits per heavy atom. The molecule has 534 valence electrons. The summed E-state index contributed by atoms with van der Waals surface area (Å²) >= 11 is 0. The zero-order valence-corrected chi connectivity index (χ0v) is 65.2. The molecule has 0 radical (unpaired) electrons. The minimum absolute atomic E-state index is 0.121. The smallest absolute Gasteiger partial charge is 0.488 e. The molecule has 0 saturated heterocycles. The minimum Gasteiger partial charge on any atom is -0.488 e. The second kappa shape index (κ2) is 26.7. The number of benzene rings is 24. The molecule has 0 N–H and O–H groups in total. The third-order valence-electron chi connectivity index (χ3n) is 24.1. The van der Waals surface area contributed by atoms with Crippen LogP contribution in [0.4, 0.5) is 0 Å². The van der Waals surface area contributed by atoms with E-state index in [-0.39, 0.29) is 25.7 Å². The van der Waals surface area contributed by atoms with Crippen molar-refractivity contribution in [1.29, 1.82) is 0 Å². The molecule has 0 spiro atoms. The van der Waals surface area contributed by atoms with Gasteiger partial charge >= 0.3 is 7.32 Å². The highest BCUT2D eigenvalue weighted by Gasteiger charge is 2.37. The van der Waals surface area contributed by atoms with Crippen molar-refractivity contribution in [1.82, 2.24) is 0 Å². The van der Waals surface area contributed by atoms with Crippen molar-refractivity contribution < 1.29 is 14.0 Å². The number of fused-ring (bicyclic) bond motifs is 24. The van der Waals surface area contributed by atoms with Crippen molar-refractivity contribution in [3.8, 4) is 17.2 Å². The van der Waals surface area contributed by atoms with E-state index in [0.29, 0.717) is 17.2 Å². The first-order chi connectivity index (χ1) is 56.9. The molecule has 3 unspecified atom stereocenters. The number of hydrogen-bond donors (Lipinski definition) is 0. The molecular formula is C108H66BO3P3. The molecule has 0 aliphatic carbocycles. The largest absolute Gasteiger partial charge is 0.864 e. The molecule has 0 amide bonds. The van der Waals surface area contributed by atoms with Crippen molar-refractivity contribution in [3.05, 3.63) is 382 Å². The molecule has 0 fully saturated rings. The van der Waals surface area contributed by atoms with Crippen LogP contribution >= 0.6 is 25.7 Å². The monoisotopic (exact) mass is 1510 g/mol. The average Bonchev–Trinajstić information content (AvgIpc) is 0.743. The first-order valence-corrected chi connectivity index (χ1v) is 42.4. The summed E-state index contributed by atoms with van der Waals surface area (Å²) in [5.74, 6) is 2.10. The third-order valence-corrected chi connectivity index (χ3v) is 28.1. The van der Waals surface area contributed by atoms with Gasteiger partial charge < -0.3 is 14.0 Å². The summed E-state index contributed by atoms with van der Waals surface area (Å²) in [6, 6.07) is 142. The minimum atomic E-state index is -1.46. The van der Waals surface area contributed by atoms with Gasteiger partial charge in [0.25, 0.3) is 0 Å². The van der Waals surface area contributed by atoms with Crippen LogP contribution in [0, 0.1) is 0 Å². The first kappa shape index (κ1) is 66.3. The van der Waals surface area contributed by atoms with Gasteiger partial charge in [0.1, 0.15) is 17.2 Å². The molecule has 24 aromatic rings. The van der Waals surface area contributed by atoms with Gasteiger partial charge in [-0.15, -0.1) is 0 Å². The van der Waals surface area contributed by atoms with Gasteiger partial charge in [-0.2, -0.15) is 0 Å². The van der Waals surface area contributed by atoms with Gasteiger partial charge in [-0.1, -0.05) is 335 Å². The van der Waals surface area contributed by atoms with E-state index in [0.717, 1.165) is 96.7 Å². The van der Waals surface area contributed by atoms with Crippen LogP contribution in [0.2, 0.25) is 0 Å². The van der Waals surface area contributed by atoms with E-state index in [2.05, 4.69) is 382 Å². The zero-order valence-electron chi connectivity index (χ0n) is 62.2. The molecule has 0 aliphatic rings. The van der Waals surface area contributed by atoms with Crippen LogP contribution in [0.15, 0.2) is 382 Å². The predicted molar refractivity (Wildman–Crippen MR) is 504 cm³/mol. The molecule has 0 bridgehead atoms. The topological polar surface area (TPSA) is 27.7 Å². The van der Waals surface area contributed by atoms with Gasteiger partial charge in [0.05, 0.1) is 0 Å². The van der Waals surface area contributed by atoms with Crippen molar-refractivity contribution >= 4 is 259 Å². The Bertz CT molecular complexity index is 7570. The maximum atomic E-state index is 8.50. The molecule has 115 heavy (non-hydrogen) atoms. The van der Waals surface area contributed by atoms with Crippen molar-refractivity contribution in [2.75, 3.05) is 0 Å². The van der Waals surface area contributed by atoms with Gasteiger partial charge in [-0.3, -0.25) is 0 Å². The lowest BCUT2D eigenvalue weighted by atomic mass is 9.96. The van der Waals surface area contributed by atoms with E-state index < -0.39 is 7.32 Å². The highest BCUT2D eigenvalue weighted by Crippen LogP contribution is 2.46. The summed E-state index contributed by atoms with van der Waals surface area (Å²) in [5.41, 5.74) is 0. The average molecular weight is 1520 g/mol. The van der Waals surface area contributed by atoms with Crippen LogP contribution in [-0.2, 0) is 0 Å². The lowest BCUT2D eigenvalue weighted by Gasteiger charge is -2.25. The quantitative estimate of drug-likeness (QED) is 0.0528. The molecule has 3 nitrogen and oxygen atoms in total. The molecule has 0 aliphatic heterocycles. The van der Waals surface area contributed by atoms with Crippen LogP contribution in [-0.4, -0.2) is 7.32 Å². The van der Waals surface area contributed by atoms with Gasteiger partial charge in [0.2, 0.25) is 0 Å². The number of hydrogen-bond acceptors (Lipinski definition) is 3. The van der Waals surface area contributed by atoms with E-state index in [1.54, 1.807) is 0 Å². The summed E-state index contributed by atoms with van der Waals surface area (Å²) in [6.45, 7) is 0. The Balaban J connectivity index is 0.796. The Hall–Kier alpha value is -13.3. The molecule has 0 saturated carbocycles. The van der Waals surface area contributed by atoms with E-state index in [1.807, 2.05) is 0 Å². The second-order valence-electron chi connectivity index (χ2n) is 30.8. The maximum absolute atomic E-state index is 8.50. The fourth-order valence-electron chi connectivity index (χ4n) is 18.6. The molecule has 24 rings (SSSR count). The van der Waals surface area contributed by atoms with Gasteiger partial charge in [0.15, 0.2) is 0 Å². The normalized spacial score (nSPS) is 12.4. The van der Waals surface area contributed by atoms with Crippen molar-refractivity contribution in [3.63, 3.8) is 0 Å². The van der Waals surface area contributed by atoms with E-state index in [1.165, 1.54) is 129 Å². The van der Waals surface area contributed by atoms with Crippen LogP contribution in [0.3, 0.4) is 0 Å². The SMILES string of the molecule is c1ccc2cc3c(ccc4cccc(Pc5ccc6ccc7cc8ccccc8cc7c6c5OB(Oc5c(Pc6cccc7ccc8cc9ccccc9cc8c67)ccc6ccc7cc8ccccc8cc7c56)Oc5c(Pc6cccc7ccc8cc9ccccc9cc8c67)ccc6ccc7cc8ccccc8cc7c56)c43)cc2c1. The fraction of sp³-hybridized carbons (Fsp3) is 0. The molecule has 0 aromatic heterocycles. The summed E-state index contributed by atoms with van der Waals surface area (Å²) < 4.78 is 25.5. The summed E-state index contributed by atoms with van der Waals surface area (Å²) in [6.07, 6.45) is 0. The highest BCUT2D eigenvalue weighted by molar-refractivity contribution is 7.57. The summed E-state index contributed by atoms with van der Waals surface area (Å²) in [7, 11) is -1.10. The van der Waals surface area contributed by atoms with Gasteiger partial charge in [-0.05, 0) is 266 Å². The highest BCUT2D eigenvalue weighted by atomic mass is 31.1. The Labute approximate surface area is 667 Å². The molecule has 3 atom stereocenters. The summed E-state index contributed by atoms with van der Waals surface area (Å²) in [5, 5.41) is 48.1. The zero-order chi connectivity index (χ0) is 75.3. The molecule has 0 heterocycles. The van der Waals surface area contributed by atoms with Crippen LogP contribution in [0.5, 0.6) is 17.2 Å². The van der Waals surface area contributed by atoms with E-state index >= 15 is 0 Å². The van der Waals surface area contributed by atoms with Crippen LogP contribution < -0.4 is 45.8 Å². The Morgan fingerprint density at radius 1 is 0.139 bits per heavy atom. The second-order valence-corrected chi connectivity index (χ2v) is 34.7. The summed E-state index contributed by atoms with van der Waals surface area (Å²) in [4.78, 5) is 0. The lowest BCUT2D eigenvalue weighted by molar-refractivity contribution is 0.315. The van der Waals surface area contributed by atoms with Crippen LogP contribution in [0.1, 0.15) is 0 Å². The Kier molecular flexibility index (Phi) is 15.4. The standard InChI is InChI=1S/C108H66BO3P3/c1-7-22-76-58-88-82(52-70(76)16-1)40-34-64-28-13-31-94(100(64)88)113-97-49-46-67-37-43-85-55-73-19-4-10-25-79(73)61-91(85)103(67)106(97)110-109(111-107-98(50-47-68-38-44-86-56-74-20-5-11-26-80(74)62-92(86)104(68)107)114-95-32-14-29-65-35-41-83-53-71-17-2-8-23-77(71)59-89(83)101(65)95)112-108-99(51-48-69-39-45-87-57-75-21-6-12-27-81(75)63-93(87)105(69)108)115-96-33-15-30-66-36-42-84-54-72-18-3-9-24-78(72)60-90(84)102(66)96/h1-63,113-115H. The Morgan fingerprint density at radius 3 is 0.539 bits per heavy atom. The number of rotatable bonds is 12. The van der Waals surface area contributed by atoms with Crippen LogP contribution in [0.25, 0.3) is 194 Å². The predicted octanol–water partition coefficient (Wildman–Crippen LogP) is 26.9. The maximum Gasteiger partial charge on any atom is 0.864 e. The van der Waals surface area contributed by atoms with Gasteiger partial charge in [-0.25, -0.2) is 0 Å². The molecule has 24 aromatic carbocycles. The van der Waals surface area contributed by atoms with E-state index in [9.17, 15) is 0 Å². The lowest BCUT2D eigenvalue weighted by Crippen LogP contribution is -2.40. The van der Waals surface area contributed by atoms with Crippen molar-refractivity contribution in [2.24, 2.45) is 0 Å². The first-order valence-electron chi connectivity index (χ1n) is 39.4. The molecule has 7 heteroatoms. The van der Waals surface area contributed by atoms with Gasteiger partial charge in [0, 0.05) is 32.1 Å².